The summed E-state index contributed by atoms with van der Waals surface area (Å²) in [6.07, 6.45) is 4.98. The number of ether oxygens (including phenoxy) is 2. The Bertz CT molecular complexity index is 2900. The van der Waals surface area contributed by atoms with E-state index in [0.717, 1.165) is 0 Å². The molecule has 9 rings (SSSR count). The number of aromatic nitrogens is 2. The normalized spacial score (nSPS) is 26.2. The topological polar surface area (TPSA) is 179 Å². The zero-order valence-electron chi connectivity index (χ0n) is 42.0. The summed E-state index contributed by atoms with van der Waals surface area (Å²) in [5.74, 6) is -6.07. The Morgan fingerprint density at radius 2 is 1.73 bits per heavy atom. The van der Waals surface area contributed by atoms with Crippen LogP contribution in [0.3, 0.4) is 0 Å². The maximum absolute atomic E-state index is 16.1. The van der Waals surface area contributed by atoms with Crippen molar-refractivity contribution in [3.8, 4) is 5.75 Å². The van der Waals surface area contributed by atoms with Gasteiger partial charge < -0.3 is 25.0 Å². The molecule has 19 heteroatoms. The van der Waals surface area contributed by atoms with Crippen LogP contribution in [-0.4, -0.2) is 132 Å². The second-order valence-corrected chi connectivity index (χ2v) is 16.2. The molecule has 334 valence electrons. The number of imide groups is 2. The SMILES string of the molecule is [2H]C1([2H])N(CC2CCN(C/C=C/C(=O)Nc3cc4c(Nc5ccc(F)c(Cl)c5)ncnc4cc3O[C@H]3CCOC3)CC2)C([2H])([2H])C([2H])([2H])N(c2cc3c(cc2F)C(=O)N(C2CCC(=O)NC2=O)C3=O)C1([2H])[2H]. The lowest BCUT2D eigenvalue weighted by molar-refractivity contribution is -0.136. The van der Waals surface area contributed by atoms with Crippen LogP contribution < -0.4 is 25.6 Å². The van der Waals surface area contributed by atoms with Crippen molar-refractivity contribution in [1.29, 1.82) is 0 Å². The molecule has 0 bridgehead atoms. The van der Waals surface area contributed by atoms with Crippen LogP contribution in [0.2, 0.25) is 5.02 Å². The van der Waals surface area contributed by atoms with Gasteiger partial charge in [-0.15, -0.1) is 0 Å². The van der Waals surface area contributed by atoms with Crippen LogP contribution in [0, 0.1) is 17.6 Å². The Labute approximate surface area is 383 Å². The second-order valence-electron chi connectivity index (χ2n) is 15.8. The third-order valence-corrected chi connectivity index (χ3v) is 11.8. The fourth-order valence-electron chi connectivity index (χ4n) is 8.11. The minimum Gasteiger partial charge on any atom is -0.486 e. The Balaban J connectivity index is 0.857. The fourth-order valence-corrected chi connectivity index (χ4v) is 8.29. The summed E-state index contributed by atoms with van der Waals surface area (Å²) in [5, 5.41) is 8.44. The molecule has 0 spiro atoms. The van der Waals surface area contributed by atoms with Crippen LogP contribution in [0.5, 0.6) is 5.75 Å². The zero-order chi connectivity index (χ0) is 51.7. The molecule has 4 saturated heterocycles. The summed E-state index contributed by atoms with van der Waals surface area (Å²) in [4.78, 5) is 76.3. The molecule has 4 aromatic rings. The molecular weight excluding hydrogens is 852 g/mol. The standard InChI is InChI=1S/C45H46ClF2N9O7/c46-32-18-27(3-4-33(32)47)51-42-31-20-36(39(22-35(31)49-25-50-42)64-28-9-17-63-24-28)52-40(58)2-1-10-54-11-7-26(8-12-54)23-55-13-15-56(16-14-55)38-21-30-29(19-34(38)48)44(61)57(45(30)62)37-5-6-41(59)53-43(37)60/h1-4,18-22,25-26,28,37H,5-17,23-24H2,(H,52,58)(H,49,50,51)(H,53,59,60)/b2-1+/t28-,37?/m0/s1/i13D2,14D2,15D2,16D2. The molecule has 0 radical (unpaired) electrons. The van der Waals surface area contributed by atoms with Gasteiger partial charge in [-0.3, -0.25) is 44.0 Å². The van der Waals surface area contributed by atoms with Crippen molar-refractivity contribution < 1.29 is 53.2 Å². The average molecular weight is 906 g/mol. The molecule has 2 atom stereocenters. The lowest BCUT2D eigenvalue weighted by atomic mass is 9.96. The van der Waals surface area contributed by atoms with Crippen molar-refractivity contribution in [2.24, 2.45) is 5.92 Å². The number of nitrogens with zero attached hydrogens (tertiary/aromatic N) is 6. The number of amides is 5. The molecule has 3 N–H and O–H groups in total. The van der Waals surface area contributed by atoms with Crippen molar-refractivity contribution in [3.05, 3.63) is 88.7 Å². The van der Waals surface area contributed by atoms with E-state index in [1.807, 2.05) is 10.2 Å². The van der Waals surface area contributed by atoms with Crippen molar-refractivity contribution in [2.45, 2.75) is 44.2 Å². The number of benzene rings is 3. The molecule has 1 unspecified atom stereocenters. The number of halogens is 3. The van der Waals surface area contributed by atoms with Gasteiger partial charge >= 0.3 is 0 Å². The molecule has 4 fully saturated rings. The number of hydrogen-bond acceptors (Lipinski definition) is 13. The predicted molar refractivity (Wildman–Crippen MR) is 233 cm³/mol. The van der Waals surface area contributed by atoms with Crippen LogP contribution in [0.4, 0.5) is 31.7 Å². The van der Waals surface area contributed by atoms with Crippen molar-refractivity contribution >= 4 is 74.9 Å². The number of carbonyl (C=O) groups is 5. The monoisotopic (exact) mass is 905 g/mol. The van der Waals surface area contributed by atoms with Crippen LogP contribution in [0.25, 0.3) is 10.9 Å². The van der Waals surface area contributed by atoms with Crippen LogP contribution in [-0.2, 0) is 19.1 Å². The van der Waals surface area contributed by atoms with Crippen LogP contribution >= 0.6 is 11.6 Å². The number of hydrogen-bond donors (Lipinski definition) is 3. The maximum atomic E-state index is 16.1. The van der Waals surface area contributed by atoms with Gasteiger partial charge in [-0.2, -0.15) is 0 Å². The van der Waals surface area contributed by atoms with E-state index in [-0.39, 0.29) is 28.9 Å². The van der Waals surface area contributed by atoms with Gasteiger partial charge in [-0.25, -0.2) is 18.7 Å². The summed E-state index contributed by atoms with van der Waals surface area (Å²) in [5.41, 5.74) is -0.848. The molecule has 5 aliphatic rings. The quantitative estimate of drug-likeness (QED) is 0.129. The first kappa shape index (κ1) is 34.3. The first-order chi connectivity index (χ1) is 34.0. The Morgan fingerprint density at radius 1 is 0.953 bits per heavy atom. The first-order valence-electron chi connectivity index (χ1n) is 24.6. The summed E-state index contributed by atoms with van der Waals surface area (Å²) >= 11 is 6.00. The zero-order valence-corrected chi connectivity index (χ0v) is 34.7. The number of nitrogens with one attached hydrogen (secondary N) is 3. The largest absolute Gasteiger partial charge is 0.486 e. The molecule has 5 aliphatic heterocycles. The summed E-state index contributed by atoms with van der Waals surface area (Å²) < 4.78 is 114. The number of carbonyl (C=O) groups excluding carboxylic acids is 5. The number of anilines is 4. The van der Waals surface area contributed by atoms with E-state index in [4.69, 9.17) is 32.0 Å². The van der Waals surface area contributed by atoms with Gasteiger partial charge in [0.2, 0.25) is 17.7 Å². The highest BCUT2D eigenvalue weighted by Crippen LogP contribution is 2.36. The highest BCUT2D eigenvalue weighted by molar-refractivity contribution is 6.31. The molecule has 0 saturated carbocycles. The second kappa shape index (κ2) is 18.6. The maximum Gasteiger partial charge on any atom is 0.262 e. The molecule has 16 nitrogen and oxygen atoms in total. The predicted octanol–water partition coefficient (Wildman–Crippen LogP) is 4.90. The third kappa shape index (κ3) is 9.27. The summed E-state index contributed by atoms with van der Waals surface area (Å²) in [7, 11) is 0. The van der Waals surface area contributed by atoms with E-state index < -0.39 is 102 Å². The number of piperidine rings is 2. The van der Waals surface area contributed by atoms with Gasteiger partial charge in [0.15, 0.2) is 0 Å². The Morgan fingerprint density at radius 3 is 2.47 bits per heavy atom. The number of likely N-dealkylation sites (tertiary alicyclic amines) is 1. The highest BCUT2D eigenvalue weighted by Gasteiger charge is 2.45. The minimum atomic E-state index is -3.51. The Hall–Kier alpha value is -6.08. The van der Waals surface area contributed by atoms with E-state index in [9.17, 15) is 28.4 Å². The minimum absolute atomic E-state index is 0.0161. The fraction of sp³-hybridized carbons (Fsp3) is 0.400. The summed E-state index contributed by atoms with van der Waals surface area (Å²) in [6, 6.07) is 7.21. The van der Waals surface area contributed by atoms with Crippen molar-refractivity contribution in [2.75, 3.05) is 80.9 Å². The number of fused-ring (bicyclic) bond motifs is 2. The van der Waals surface area contributed by atoms with Crippen LogP contribution in [0.1, 0.15) is 63.8 Å². The van der Waals surface area contributed by atoms with E-state index in [1.165, 1.54) is 30.6 Å². The van der Waals surface area contributed by atoms with E-state index in [1.54, 1.807) is 18.2 Å². The Kier molecular flexibility index (Phi) is 9.96. The average Bonchev–Trinajstić information content (AvgIpc) is 3.91. The first-order valence-corrected chi connectivity index (χ1v) is 21.0. The lowest BCUT2D eigenvalue weighted by Gasteiger charge is -2.39. The van der Waals surface area contributed by atoms with E-state index in [0.29, 0.717) is 108 Å². The molecule has 64 heavy (non-hydrogen) atoms. The molecule has 3 aromatic carbocycles. The van der Waals surface area contributed by atoms with Crippen molar-refractivity contribution in [3.63, 3.8) is 0 Å². The molecule has 6 heterocycles. The van der Waals surface area contributed by atoms with E-state index in [2.05, 4.69) is 20.6 Å². The van der Waals surface area contributed by atoms with Gasteiger partial charge in [0.1, 0.15) is 41.7 Å². The third-order valence-electron chi connectivity index (χ3n) is 11.5. The molecule has 5 amide bonds. The van der Waals surface area contributed by atoms with Gasteiger partial charge in [0.25, 0.3) is 11.8 Å². The number of rotatable bonds is 12. The highest BCUT2D eigenvalue weighted by atomic mass is 35.5. The molecule has 1 aromatic heterocycles. The van der Waals surface area contributed by atoms with E-state index >= 15 is 4.39 Å². The molecule has 0 aliphatic carbocycles. The van der Waals surface area contributed by atoms with Crippen LogP contribution in [0.15, 0.2) is 60.9 Å². The van der Waals surface area contributed by atoms with Gasteiger partial charge in [0.05, 0.1) is 51.7 Å². The smallest absolute Gasteiger partial charge is 0.262 e. The lowest BCUT2D eigenvalue weighted by Crippen LogP contribution is -2.54. The van der Waals surface area contributed by atoms with Gasteiger partial charge in [0, 0.05) is 80.6 Å². The van der Waals surface area contributed by atoms with Crippen molar-refractivity contribution in [1.82, 2.24) is 30.0 Å². The summed E-state index contributed by atoms with van der Waals surface area (Å²) in [6.45, 7) is -12.2. The van der Waals surface area contributed by atoms with Gasteiger partial charge in [-0.1, -0.05) is 17.7 Å². The number of piperazine rings is 1. The van der Waals surface area contributed by atoms with Gasteiger partial charge in [-0.05, 0) is 74.7 Å². The molecular formula is C45H46ClF2N9O7.